The maximum Gasteiger partial charge on any atom is 0.118 e. The van der Waals surface area contributed by atoms with Crippen molar-refractivity contribution in [2.45, 2.75) is 12.0 Å². The van der Waals surface area contributed by atoms with Crippen molar-refractivity contribution in [2.24, 2.45) is 5.73 Å². The van der Waals surface area contributed by atoms with Crippen LogP contribution in [-0.2, 0) is 0 Å². The van der Waals surface area contributed by atoms with E-state index in [1.54, 1.807) is 7.11 Å². The number of hydrogen-bond donors (Lipinski definition) is 1. The van der Waals surface area contributed by atoms with Crippen molar-refractivity contribution in [2.75, 3.05) is 7.11 Å². The molecule has 0 saturated carbocycles. The lowest BCUT2D eigenvalue weighted by Gasteiger charge is -2.22. The molecule has 2 N–H and O–H groups in total. The molecule has 2 rings (SSSR count). The van der Waals surface area contributed by atoms with E-state index in [0.717, 1.165) is 21.3 Å². The van der Waals surface area contributed by atoms with Crippen molar-refractivity contribution in [3.8, 4) is 5.75 Å². The van der Waals surface area contributed by atoms with Crippen molar-refractivity contribution in [1.82, 2.24) is 0 Å². The van der Waals surface area contributed by atoms with Crippen molar-refractivity contribution in [3.63, 3.8) is 0 Å². The smallest absolute Gasteiger partial charge is 0.118 e. The molecule has 0 bridgehead atoms. The molecule has 0 aliphatic heterocycles. The Balaban J connectivity index is 2.25. The van der Waals surface area contributed by atoms with Crippen molar-refractivity contribution < 1.29 is 4.74 Å². The van der Waals surface area contributed by atoms with Crippen LogP contribution in [0.4, 0.5) is 0 Å². The largest absolute Gasteiger partial charge is 0.497 e. The second-order valence-corrected chi connectivity index (χ2v) is 5.53. The van der Waals surface area contributed by atoms with Crippen LogP contribution in [0.15, 0.2) is 65.7 Å². The lowest BCUT2D eigenvalue weighted by molar-refractivity contribution is 0.414. The van der Waals surface area contributed by atoms with Crippen LogP contribution in [0.5, 0.6) is 5.75 Å². The summed E-state index contributed by atoms with van der Waals surface area (Å²) < 4.78 is 6.22. The summed E-state index contributed by atoms with van der Waals surface area (Å²) in [5, 5.41) is 0. The number of nitrogens with two attached hydrogens (primary N) is 1. The maximum atomic E-state index is 6.39. The van der Waals surface area contributed by atoms with Gasteiger partial charge < -0.3 is 10.5 Å². The molecule has 104 valence electrons. The zero-order chi connectivity index (χ0) is 14.5. The highest BCUT2D eigenvalue weighted by atomic mass is 79.9. The van der Waals surface area contributed by atoms with Gasteiger partial charge >= 0.3 is 0 Å². The SMILES string of the molecule is C=C[C@@H](c1ccc(Br)cc1)[C@H](N)c1ccc(OC)cc1. The van der Waals surface area contributed by atoms with Crippen LogP contribution in [0.3, 0.4) is 0 Å². The Morgan fingerprint density at radius 1 is 1.05 bits per heavy atom. The normalized spacial score (nSPS) is 13.6. The Morgan fingerprint density at radius 2 is 1.60 bits per heavy atom. The van der Waals surface area contributed by atoms with Crippen LogP contribution in [0, 0.1) is 0 Å². The third-order valence-corrected chi connectivity index (χ3v) is 3.93. The first-order valence-corrected chi connectivity index (χ1v) is 7.22. The lowest BCUT2D eigenvalue weighted by atomic mass is 9.88. The summed E-state index contributed by atoms with van der Waals surface area (Å²) in [6.45, 7) is 3.92. The summed E-state index contributed by atoms with van der Waals surface area (Å²) in [6.07, 6.45) is 1.90. The molecule has 2 nitrogen and oxygen atoms in total. The Kier molecular flexibility index (Phi) is 4.99. The summed E-state index contributed by atoms with van der Waals surface area (Å²) in [4.78, 5) is 0. The van der Waals surface area contributed by atoms with E-state index in [4.69, 9.17) is 10.5 Å². The van der Waals surface area contributed by atoms with Gasteiger partial charge in [-0.15, -0.1) is 6.58 Å². The zero-order valence-electron chi connectivity index (χ0n) is 11.4. The first kappa shape index (κ1) is 14.8. The van der Waals surface area contributed by atoms with E-state index in [2.05, 4.69) is 34.6 Å². The molecule has 2 aromatic carbocycles. The highest BCUT2D eigenvalue weighted by Gasteiger charge is 2.18. The minimum Gasteiger partial charge on any atom is -0.497 e. The highest BCUT2D eigenvalue weighted by molar-refractivity contribution is 9.10. The van der Waals surface area contributed by atoms with Gasteiger partial charge in [-0.25, -0.2) is 0 Å². The summed E-state index contributed by atoms with van der Waals surface area (Å²) in [5.41, 5.74) is 8.61. The molecule has 0 radical (unpaired) electrons. The van der Waals surface area contributed by atoms with Crippen molar-refractivity contribution >= 4 is 15.9 Å². The van der Waals surface area contributed by atoms with Crippen molar-refractivity contribution in [3.05, 3.63) is 76.8 Å². The number of benzene rings is 2. The minimum atomic E-state index is -0.125. The second-order valence-electron chi connectivity index (χ2n) is 4.61. The third kappa shape index (κ3) is 3.30. The molecule has 0 aliphatic carbocycles. The van der Waals surface area contributed by atoms with Crippen LogP contribution in [0.2, 0.25) is 0 Å². The molecular weight excluding hydrogens is 314 g/mol. The Bertz CT molecular complexity index is 563. The molecule has 2 atom stereocenters. The molecule has 0 aliphatic rings. The molecule has 0 aromatic heterocycles. The molecule has 0 fully saturated rings. The van der Waals surface area contributed by atoms with Crippen LogP contribution in [-0.4, -0.2) is 7.11 Å². The molecule has 0 amide bonds. The number of hydrogen-bond acceptors (Lipinski definition) is 2. The minimum absolute atomic E-state index is 0.0801. The summed E-state index contributed by atoms with van der Waals surface area (Å²) in [5.74, 6) is 0.913. The number of ether oxygens (including phenoxy) is 1. The van der Waals surface area contributed by atoms with Gasteiger partial charge in [0.05, 0.1) is 7.11 Å². The van der Waals surface area contributed by atoms with E-state index in [-0.39, 0.29) is 12.0 Å². The van der Waals surface area contributed by atoms with Crippen LogP contribution in [0.1, 0.15) is 23.1 Å². The Morgan fingerprint density at radius 3 is 2.10 bits per heavy atom. The predicted molar refractivity (Wildman–Crippen MR) is 87.0 cm³/mol. The molecule has 3 heteroatoms. The van der Waals surface area contributed by atoms with E-state index in [9.17, 15) is 0 Å². The summed E-state index contributed by atoms with van der Waals surface area (Å²) in [7, 11) is 1.66. The number of methoxy groups -OCH3 is 1. The van der Waals surface area contributed by atoms with Gasteiger partial charge in [0.1, 0.15) is 5.75 Å². The number of rotatable bonds is 5. The van der Waals surface area contributed by atoms with Gasteiger partial charge in [0.25, 0.3) is 0 Å². The van der Waals surface area contributed by atoms with Crippen molar-refractivity contribution in [1.29, 1.82) is 0 Å². The van der Waals surface area contributed by atoms with Gasteiger partial charge in [-0.3, -0.25) is 0 Å². The van der Waals surface area contributed by atoms with Gasteiger partial charge in [-0.05, 0) is 35.4 Å². The first-order valence-electron chi connectivity index (χ1n) is 6.43. The van der Waals surface area contributed by atoms with E-state index >= 15 is 0 Å². The van der Waals surface area contributed by atoms with E-state index < -0.39 is 0 Å². The van der Waals surface area contributed by atoms with E-state index in [0.29, 0.717) is 0 Å². The molecule has 0 heterocycles. The molecule has 0 unspecified atom stereocenters. The fourth-order valence-corrected chi connectivity index (χ4v) is 2.47. The molecule has 2 aromatic rings. The molecule has 0 spiro atoms. The fraction of sp³-hybridized carbons (Fsp3) is 0.176. The van der Waals surface area contributed by atoms with E-state index in [1.165, 1.54) is 0 Å². The maximum absolute atomic E-state index is 6.39. The molecular formula is C17H18BrNO. The van der Waals surface area contributed by atoms with Gasteiger partial charge in [-0.2, -0.15) is 0 Å². The summed E-state index contributed by atoms with van der Waals surface area (Å²) >= 11 is 3.44. The quantitative estimate of drug-likeness (QED) is 0.822. The Labute approximate surface area is 128 Å². The second kappa shape index (κ2) is 6.73. The zero-order valence-corrected chi connectivity index (χ0v) is 13.0. The average molecular weight is 332 g/mol. The number of halogens is 1. The fourth-order valence-electron chi connectivity index (χ4n) is 2.21. The first-order chi connectivity index (χ1) is 9.65. The van der Waals surface area contributed by atoms with Crippen LogP contribution < -0.4 is 10.5 Å². The third-order valence-electron chi connectivity index (χ3n) is 3.40. The van der Waals surface area contributed by atoms with Crippen LogP contribution >= 0.6 is 15.9 Å². The molecule has 20 heavy (non-hydrogen) atoms. The van der Waals surface area contributed by atoms with E-state index in [1.807, 2.05) is 42.5 Å². The lowest BCUT2D eigenvalue weighted by Crippen LogP contribution is -2.18. The topological polar surface area (TPSA) is 35.2 Å². The average Bonchev–Trinajstić information content (AvgIpc) is 2.50. The summed E-state index contributed by atoms with van der Waals surface area (Å²) in [6, 6.07) is 15.9. The van der Waals surface area contributed by atoms with Gasteiger partial charge in [0, 0.05) is 16.4 Å². The van der Waals surface area contributed by atoms with Gasteiger partial charge in [-0.1, -0.05) is 46.3 Å². The Hall–Kier alpha value is -1.58. The van der Waals surface area contributed by atoms with Gasteiger partial charge in [0.2, 0.25) is 0 Å². The molecule has 0 saturated heterocycles. The highest BCUT2D eigenvalue weighted by Crippen LogP contribution is 2.31. The van der Waals surface area contributed by atoms with Crippen LogP contribution in [0.25, 0.3) is 0 Å². The predicted octanol–water partition coefficient (Wildman–Crippen LogP) is 4.43. The monoisotopic (exact) mass is 331 g/mol. The standard InChI is InChI=1S/C17H18BrNO/c1-3-16(12-4-8-14(18)9-5-12)17(19)13-6-10-15(20-2)11-7-13/h3-11,16-17H,1,19H2,2H3/t16-,17+/m0/s1. The van der Waals surface area contributed by atoms with Gasteiger partial charge in [0.15, 0.2) is 0 Å².